The highest BCUT2D eigenvalue weighted by atomic mass is 16.6. The zero-order valence-corrected chi connectivity index (χ0v) is 16.9. The van der Waals surface area contributed by atoms with Gasteiger partial charge in [-0.2, -0.15) is 0 Å². The first-order valence-corrected chi connectivity index (χ1v) is 9.55. The van der Waals surface area contributed by atoms with Crippen LogP contribution in [0.25, 0.3) is 5.70 Å². The SMILES string of the molecule is CCOC(=O)C1=C(c2ccccc2)NC(=O)N[C@H]1c1cc(OCC)c(O)c([N+](=O)[O-])c1. The van der Waals surface area contributed by atoms with Crippen molar-refractivity contribution in [2.45, 2.75) is 19.9 Å². The maximum Gasteiger partial charge on any atom is 0.338 e. The maximum absolute atomic E-state index is 12.9. The van der Waals surface area contributed by atoms with Crippen LogP contribution in [0.3, 0.4) is 0 Å². The standard InChI is InChI=1S/C21H21N3O7/c1-3-30-15-11-13(10-14(19(15)25)24(28)29)18-16(20(26)31-4-2)17(22-21(27)23-18)12-8-6-5-7-9-12/h5-11,18,25H,3-4H2,1-2H3,(H2,22,23,27)/t18-/m0/s1. The quantitative estimate of drug-likeness (QED) is 0.350. The third kappa shape index (κ3) is 4.42. The van der Waals surface area contributed by atoms with Crippen LogP contribution in [0, 0.1) is 10.1 Å². The Balaban J connectivity index is 2.25. The molecule has 0 fully saturated rings. The highest BCUT2D eigenvalue weighted by molar-refractivity contribution is 6.04. The van der Waals surface area contributed by atoms with Crippen LogP contribution in [0.4, 0.5) is 10.5 Å². The number of rotatable bonds is 7. The Hall–Kier alpha value is -4.08. The summed E-state index contributed by atoms with van der Waals surface area (Å²) in [4.78, 5) is 36.0. The molecule has 162 valence electrons. The van der Waals surface area contributed by atoms with Crippen LogP contribution in [0.15, 0.2) is 48.0 Å². The molecule has 3 rings (SSSR count). The molecule has 0 saturated heterocycles. The van der Waals surface area contributed by atoms with Gasteiger partial charge in [-0.05, 0) is 31.0 Å². The number of hydrogen-bond donors (Lipinski definition) is 3. The van der Waals surface area contributed by atoms with E-state index in [0.29, 0.717) is 5.56 Å². The second kappa shape index (κ2) is 9.16. The third-order valence-corrected chi connectivity index (χ3v) is 4.54. The summed E-state index contributed by atoms with van der Waals surface area (Å²) in [6, 6.07) is 9.45. The summed E-state index contributed by atoms with van der Waals surface area (Å²) in [6.45, 7) is 3.53. The van der Waals surface area contributed by atoms with Crippen molar-refractivity contribution in [1.82, 2.24) is 10.6 Å². The molecular weight excluding hydrogens is 406 g/mol. The summed E-state index contributed by atoms with van der Waals surface area (Å²) in [5, 5.41) is 26.9. The van der Waals surface area contributed by atoms with Gasteiger partial charge in [-0.25, -0.2) is 9.59 Å². The Labute approximate surface area is 177 Å². The van der Waals surface area contributed by atoms with Gasteiger partial charge in [0.05, 0.1) is 35.4 Å². The first-order chi connectivity index (χ1) is 14.9. The highest BCUT2D eigenvalue weighted by Crippen LogP contribution is 2.41. The van der Waals surface area contributed by atoms with Crippen molar-refractivity contribution in [1.29, 1.82) is 0 Å². The number of benzene rings is 2. The van der Waals surface area contributed by atoms with Gasteiger partial charge in [0, 0.05) is 6.07 Å². The molecule has 1 atom stereocenters. The van der Waals surface area contributed by atoms with E-state index in [0.717, 1.165) is 6.07 Å². The van der Waals surface area contributed by atoms with E-state index in [1.807, 2.05) is 0 Å². The van der Waals surface area contributed by atoms with Crippen LogP contribution in [-0.4, -0.2) is 35.2 Å². The van der Waals surface area contributed by atoms with Gasteiger partial charge in [0.25, 0.3) is 0 Å². The van der Waals surface area contributed by atoms with E-state index in [4.69, 9.17) is 9.47 Å². The van der Waals surface area contributed by atoms with Crippen LogP contribution in [0.5, 0.6) is 11.5 Å². The Bertz CT molecular complexity index is 1050. The van der Waals surface area contributed by atoms with E-state index in [1.165, 1.54) is 6.07 Å². The Kier molecular flexibility index (Phi) is 6.39. The predicted molar refractivity (Wildman–Crippen MR) is 110 cm³/mol. The molecule has 0 saturated carbocycles. The third-order valence-electron chi connectivity index (χ3n) is 4.54. The van der Waals surface area contributed by atoms with Gasteiger partial charge in [0.1, 0.15) is 0 Å². The molecule has 2 amide bonds. The fourth-order valence-electron chi connectivity index (χ4n) is 3.26. The molecule has 1 aliphatic rings. The van der Waals surface area contributed by atoms with Crippen LogP contribution in [0.1, 0.15) is 31.0 Å². The van der Waals surface area contributed by atoms with Gasteiger partial charge in [0.15, 0.2) is 5.75 Å². The topological polar surface area (TPSA) is 140 Å². The molecular formula is C21H21N3O7. The molecule has 2 aromatic carbocycles. The van der Waals surface area contributed by atoms with Crippen LogP contribution < -0.4 is 15.4 Å². The number of esters is 1. The molecule has 0 bridgehead atoms. The zero-order chi connectivity index (χ0) is 22.5. The molecule has 0 spiro atoms. The second-order valence-electron chi connectivity index (χ2n) is 6.48. The van der Waals surface area contributed by atoms with Crippen molar-refractivity contribution in [2.75, 3.05) is 13.2 Å². The Morgan fingerprint density at radius 2 is 1.90 bits per heavy atom. The number of urea groups is 1. The van der Waals surface area contributed by atoms with E-state index in [2.05, 4.69) is 10.6 Å². The Morgan fingerprint density at radius 3 is 2.52 bits per heavy atom. The summed E-state index contributed by atoms with van der Waals surface area (Å²) < 4.78 is 10.5. The normalized spacial score (nSPS) is 15.7. The number of nitro groups is 1. The van der Waals surface area contributed by atoms with Crippen molar-refractivity contribution in [3.63, 3.8) is 0 Å². The average Bonchev–Trinajstić information content (AvgIpc) is 2.75. The fraction of sp³-hybridized carbons (Fsp3) is 0.238. The monoisotopic (exact) mass is 427 g/mol. The summed E-state index contributed by atoms with van der Waals surface area (Å²) in [6.07, 6.45) is 0. The number of ether oxygens (including phenoxy) is 2. The molecule has 0 unspecified atom stereocenters. The van der Waals surface area contributed by atoms with Gasteiger partial charge < -0.3 is 25.2 Å². The Morgan fingerprint density at radius 1 is 1.19 bits per heavy atom. The molecule has 3 N–H and O–H groups in total. The number of nitro benzene ring substituents is 1. The van der Waals surface area contributed by atoms with Gasteiger partial charge in [0.2, 0.25) is 5.75 Å². The van der Waals surface area contributed by atoms with Gasteiger partial charge in [-0.3, -0.25) is 10.1 Å². The summed E-state index contributed by atoms with van der Waals surface area (Å²) in [5.41, 5.74) is 0.415. The van der Waals surface area contributed by atoms with E-state index in [1.54, 1.807) is 44.2 Å². The number of hydrogen-bond acceptors (Lipinski definition) is 7. The number of carbonyl (C=O) groups excluding carboxylic acids is 2. The van der Waals surface area contributed by atoms with E-state index >= 15 is 0 Å². The van der Waals surface area contributed by atoms with Gasteiger partial charge in [-0.15, -0.1) is 0 Å². The van der Waals surface area contributed by atoms with Crippen LogP contribution >= 0.6 is 0 Å². The van der Waals surface area contributed by atoms with Crippen molar-refractivity contribution < 1.29 is 29.1 Å². The number of carbonyl (C=O) groups is 2. The van der Waals surface area contributed by atoms with E-state index in [-0.39, 0.29) is 35.8 Å². The van der Waals surface area contributed by atoms with Crippen LogP contribution in [0.2, 0.25) is 0 Å². The molecule has 0 aromatic heterocycles. The molecule has 0 radical (unpaired) electrons. The van der Waals surface area contributed by atoms with Gasteiger partial charge in [-0.1, -0.05) is 30.3 Å². The van der Waals surface area contributed by atoms with Crippen molar-refractivity contribution in [2.24, 2.45) is 0 Å². The number of phenols is 1. The maximum atomic E-state index is 12.9. The largest absolute Gasteiger partial charge is 0.500 e. The van der Waals surface area contributed by atoms with Gasteiger partial charge >= 0.3 is 17.7 Å². The van der Waals surface area contributed by atoms with Crippen molar-refractivity contribution in [3.8, 4) is 11.5 Å². The summed E-state index contributed by atoms with van der Waals surface area (Å²) >= 11 is 0. The second-order valence-corrected chi connectivity index (χ2v) is 6.48. The smallest absolute Gasteiger partial charge is 0.338 e. The number of amides is 2. The molecule has 10 nitrogen and oxygen atoms in total. The van der Waals surface area contributed by atoms with E-state index in [9.17, 15) is 24.8 Å². The number of phenolic OH excluding ortho intramolecular Hbond substituents is 1. The lowest BCUT2D eigenvalue weighted by Gasteiger charge is -2.29. The molecule has 31 heavy (non-hydrogen) atoms. The molecule has 2 aromatic rings. The van der Waals surface area contributed by atoms with Crippen molar-refractivity contribution >= 4 is 23.4 Å². The lowest BCUT2D eigenvalue weighted by molar-refractivity contribution is -0.386. The first kappa shape index (κ1) is 21.6. The highest BCUT2D eigenvalue weighted by Gasteiger charge is 2.36. The molecule has 10 heteroatoms. The number of aromatic hydroxyl groups is 1. The molecule has 0 aliphatic carbocycles. The number of nitrogens with one attached hydrogen (secondary N) is 2. The first-order valence-electron chi connectivity index (χ1n) is 9.55. The average molecular weight is 427 g/mol. The zero-order valence-electron chi connectivity index (χ0n) is 16.9. The lowest BCUT2D eigenvalue weighted by atomic mass is 9.92. The fourth-order valence-corrected chi connectivity index (χ4v) is 3.26. The summed E-state index contributed by atoms with van der Waals surface area (Å²) in [5.74, 6) is -1.47. The molecule has 1 heterocycles. The molecule has 1 aliphatic heterocycles. The van der Waals surface area contributed by atoms with E-state index < -0.39 is 34.4 Å². The minimum absolute atomic E-state index is 0.0649. The van der Waals surface area contributed by atoms with Crippen LogP contribution in [-0.2, 0) is 9.53 Å². The minimum Gasteiger partial charge on any atom is -0.500 e. The summed E-state index contributed by atoms with van der Waals surface area (Å²) in [7, 11) is 0. The lowest BCUT2D eigenvalue weighted by Crippen LogP contribution is -2.45. The minimum atomic E-state index is -1.08. The van der Waals surface area contributed by atoms with Crippen molar-refractivity contribution in [3.05, 3.63) is 69.3 Å². The number of nitrogens with zero attached hydrogens (tertiary/aromatic N) is 1. The predicted octanol–water partition coefficient (Wildman–Crippen LogP) is 3.03.